The summed E-state index contributed by atoms with van der Waals surface area (Å²) in [5.74, 6) is 0.962. The number of aliphatic hydroxyl groups excluding tert-OH is 1. The van der Waals surface area contributed by atoms with E-state index in [0.717, 1.165) is 0 Å². The predicted molar refractivity (Wildman–Crippen MR) is 80.0 cm³/mol. The number of amides is 1. The van der Waals surface area contributed by atoms with Gasteiger partial charge in [-0.15, -0.1) is 0 Å². The molecule has 4 nitrogen and oxygen atoms in total. The fourth-order valence-corrected chi connectivity index (χ4v) is 1.65. The third-order valence-electron chi connectivity index (χ3n) is 3.56. The van der Waals surface area contributed by atoms with Gasteiger partial charge in [-0.25, -0.2) is 0 Å². The highest BCUT2D eigenvalue weighted by atomic mass is 16.5. The van der Waals surface area contributed by atoms with Crippen LogP contribution in [0.15, 0.2) is 24.3 Å². The molecular formula is C16H25NO3. The van der Waals surface area contributed by atoms with E-state index in [1.165, 1.54) is 10.5 Å². The van der Waals surface area contributed by atoms with E-state index in [9.17, 15) is 9.90 Å². The normalized spacial score (nSPS) is 11.6. The van der Waals surface area contributed by atoms with Crippen molar-refractivity contribution in [3.63, 3.8) is 0 Å². The molecule has 1 aromatic rings. The number of likely N-dealkylation sites (N-methyl/N-ethyl adjacent to an activating group) is 1. The molecule has 0 unspecified atom stereocenters. The van der Waals surface area contributed by atoms with E-state index in [1.807, 2.05) is 38.1 Å². The van der Waals surface area contributed by atoms with Crippen molar-refractivity contribution in [1.29, 1.82) is 0 Å². The first-order valence-electron chi connectivity index (χ1n) is 6.88. The predicted octanol–water partition coefficient (Wildman–Crippen LogP) is 2.42. The zero-order valence-corrected chi connectivity index (χ0v) is 13.0. The second-order valence-corrected chi connectivity index (χ2v) is 5.94. The molecule has 0 aliphatic carbocycles. The Bertz CT molecular complexity index is 455. The molecule has 0 fully saturated rings. The number of hydrogen-bond acceptors (Lipinski definition) is 3. The van der Waals surface area contributed by atoms with Gasteiger partial charge >= 0.3 is 0 Å². The second kappa shape index (κ2) is 6.75. The Morgan fingerprint density at radius 3 is 2.60 bits per heavy atom. The summed E-state index contributed by atoms with van der Waals surface area (Å²) in [6.07, 6.45) is 0. The van der Waals surface area contributed by atoms with Gasteiger partial charge in [-0.2, -0.15) is 0 Å². The van der Waals surface area contributed by atoms with Crippen LogP contribution >= 0.6 is 0 Å². The third-order valence-corrected chi connectivity index (χ3v) is 3.56. The SMILES string of the molecule is CC(C)c1cccc(OCC(=O)N(C)C(C)(C)CO)c1. The van der Waals surface area contributed by atoms with Crippen molar-refractivity contribution < 1.29 is 14.6 Å². The molecule has 20 heavy (non-hydrogen) atoms. The lowest BCUT2D eigenvalue weighted by molar-refractivity contribution is -0.138. The Balaban J connectivity index is 2.63. The fraction of sp³-hybridized carbons (Fsp3) is 0.562. The smallest absolute Gasteiger partial charge is 0.260 e. The summed E-state index contributed by atoms with van der Waals surface area (Å²) >= 11 is 0. The summed E-state index contributed by atoms with van der Waals surface area (Å²) in [5, 5.41) is 9.26. The van der Waals surface area contributed by atoms with E-state index < -0.39 is 5.54 Å². The molecule has 0 saturated carbocycles. The molecule has 112 valence electrons. The molecule has 4 heteroatoms. The number of benzene rings is 1. The summed E-state index contributed by atoms with van der Waals surface area (Å²) < 4.78 is 5.55. The molecule has 0 saturated heterocycles. The van der Waals surface area contributed by atoms with E-state index >= 15 is 0 Å². The summed E-state index contributed by atoms with van der Waals surface area (Å²) in [6.45, 7) is 7.73. The maximum absolute atomic E-state index is 12.0. The molecule has 0 aliphatic rings. The molecule has 0 spiro atoms. The standard InChI is InChI=1S/C16H25NO3/c1-12(2)13-7-6-8-14(9-13)20-10-15(19)17(5)16(3,4)11-18/h6-9,12,18H,10-11H2,1-5H3. The van der Waals surface area contributed by atoms with Crippen LogP contribution in [0, 0.1) is 0 Å². The zero-order chi connectivity index (χ0) is 15.3. The number of aliphatic hydroxyl groups is 1. The summed E-state index contributed by atoms with van der Waals surface area (Å²) in [4.78, 5) is 13.5. The molecule has 0 heterocycles. The molecule has 0 radical (unpaired) electrons. The van der Waals surface area contributed by atoms with E-state index in [2.05, 4.69) is 13.8 Å². The Morgan fingerprint density at radius 1 is 1.40 bits per heavy atom. The number of ether oxygens (including phenoxy) is 1. The van der Waals surface area contributed by atoms with Crippen molar-refractivity contribution in [2.45, 2.75) is 39.2 Å². The van der Waals surface area contributed by atoms with Gasteiger partial charge < -0.3 is 14.7 Å². The number of nitrogens with zero attached hydrogens (tertiary/aromatic N) is 1. The van der Waals surface area contributed by atoms with Gasteiger partial charge in [0.05, 0.1) is 12.1 Å². The van der Waals surface area contributed by atoms with Crippen LogP contribution < -0.4 is 4.74 Å². The quantitative estimate of drug-likeness (QED) is 0.870. The highest BCUT2D eigenvalue weighted by Gasteiger charge is 2.26. The molecule has 1 rings (SSSR count). The van der Waals surface area contributed by atoms with E-state index in [-0.39, 0.29) is 19.1 Å². The number of carbonyl (C=O) groups excluding carboxylic acids is 1. The fourth-order valence-electron chi connectivity index (χ4n) is 1.65. The van der Waals surface area contributed by atoms with Crippen molar-refractivity contribution in [3.8, 4) is 5.75 Å². The largest absolute Gasteiger partial charge is 0.484 e. The molecule has 0 atom stereocenters. The summed E-state index contributed by atoms with van der Waals surface area (Å²) in [5.41, 5.74) is 0.597. The van der Waals surface area contributed by atoms with Crippen LogP contribution in [0.3, 0.4) is 0 Å². The van der Waals surface area contributed by atoms with Crippen LogP contribution in [0.25, 0.3) is 0 Å². The zero-order valence-electron chi connectivity index (χ0n) is 13.0. The van der Waals surface area contributed by atoms with Gasteiger partial charge in [-0.1, -0.05) is 26.0 Å². The topological polar surface area (TPSA) is 49.8 Å². The summed E-state index contributed by atoms with van der Waals surface area (Å²) in [6, 6.07) is 7.77. The van der Waals surface area contributed by atoms with Crippen LogP contribution in [-0.2, 0) is 4.79 Å². The van der Waals surface area contributed by atoms with Gasteiger partial charge in [-0.05, 0) is 37.5 Å². The highest BCUT2D eigenvalue weighted by Crippen LogP contribution is 2.20. The van der Waals surface area contributed by atoms with Crippen LogP contribution in [0.1, 0.15) is 39.2 Å². The van der Waals surface area contributed by atoms with Crippen LogP contribution in [0.4, 0.5) is 0 Å². The lowest BCUT2D eigenvalue weighted by Gasteiger charge is -2.33. The molecule has 1 amide bonds. The maximum Gasteiger partial charge on any atom is 0.260 e. The van der Waals surface area contributed by atoms with Crippen molar-refractivity contribution in [1.82, 2.24) is 4.90 Å². The van der Waals surface area contributed by atoms with Gasteiger partial charge in [0.1, 0.15) is 5.75 Å². The summed E-state index contributed by atoms with van der Waals surface area (Å²) in [7, 11) is 1.67. The lowest BCUT2D eigenvalue weighted by atomic mass is 10.0. The molecular weight excluding hydrogens is 254 g/mol. The van der Waals surface area contributed by atoms with E-state index in [4.69, 9.17) is 4.74 Å². The van der Waals surface area contributed by atoms with Crippen molar-refractivity contribution in [3.05, 3.63) is 29.8 Å². The van der Waals surface area contributed by atoms with Crippen LogP contribution in [0.2, 0.25) is 0 Å². The Morgan fingerprint density at radius 2 is 2.05 bits per heavy atom. The average molecular weight is 279 g/mol. The van der Waals surface area contributed by atoms with E-state index in [0.29, 0.717) is 11.7 Å². The Hall–Kier alpha value is -1.55. The lowest BCUT2D eigenvalue weighted by Crippen LogP contribution is -2.49. The first-order chi connectivity index (χ1) is 9.27. The van der Waals surface area contributed by atoms with Crippen LogP contribution in [-0.4, -0.2) is 41.7 Å². The van der Waals surface area contributed by atoms with Crippen molar-refractivity contribution in [2.75, 3.05) is 20.3 Å². The molecule has 1 aromatic carbocycles. The second-order valence-electron chi connectivity index (χ2n) is 5.94. The van der Waals surface area contributed by atoms with Crippen LogP contribution in [0.5, 0.6) is 5.75 Å². The minimum atomic E-state index is -0.583. The third kappa shape index (κ3) is 4.23. The van der Waals surface area contributed by atoms with Crippen molar-refractivity contribution in [2.24, 2.45) is 0 Å². The molecule has 1 N–H and O–H groups in total. The first-order valence-corrected chi connectivity index (χ1v) is 6.88. The van der Waals surface area contributed by atoms with Gasteiger partial charge in [0, 0.05) is 7.05 Å². The molecule has 0 aliphatic heterocycles. The number of hydrogen-bond donors (Lipinski definition) is 1. The molecule has 0 bridgehead atoms. The maximum atomic E-state index is 12.0. The van der Waals surface area contributed by atoms with Gasteiger partial charge in [-0.3, -0.25) is 4.79 Å². The Labute approximate surface area is 121 Å². The first kappa shape index (κ1) is 16.5. The van der Waals surface area contributed by atoms with E-state index in [1.54, 1.807) is 7.05 Å². The van der Waals surface area contributed by atoms with Crippen molar-refractivity contribution >= 4 is 5.91 Å². The molecule has 0 aromatic heterocycles. The number of rotatable bonds is 6. The minimum Gasteiger partial charge on any atom is -0.484 e. The average Bonchev–Trinajstić information content (AvgIpc) is 2.44. The van der Waals surface area contributed by atoms with Gasteiger partial charge in [0.25, 0.3) is 5.91 Å². The van der Waals surface area contributed by atoms with Gasteiger partial charge in [0.15, 0.2) is 6.61 Å². The van der Waals surface area contributed by atoms with Gasteiger partial charge in [0.2, 0.25) is 0 Å². The monoisotopic (exact) mass is 279 g/mol. The highest BCUT2D eigenvalue weighted by molar-refractivity contribution is 5.78. The minimum absolute atomic E-state index is 0.0263. The Kier molecular flexibility index (Phi) is 5.57. The number of carbonyl (C=O) groups is 1.